The molecule has 0 aliphatic carbocycles. The first-order valence-electron chi connectivity index (χ1n) is 4.93. The molecule has 0 bridgehead atoms. The molecule has 0 saturated heterocycles. The van der Waals surface area contributed by atoms with Gasteiger partial charge in [0.15, 0.2) is 0 Å². The van der Waals surface area contributed by atoms with Gasteiger partial charge >= 0.3 is 0 Å². The van der Waals surface area contributed by atoms with E-state index in [1.807, 2.05) is 0 Å². The second kappa shape index (κ2) is 6.46. The van der Waals surface area contributed by atoms with E-state index in [-0.39, 0.29) is 6.04 Å². The summed E-state index contributed by atoms with van der Waals surface area (Å²) < 4.78 is 0. The van der Waals surface area contributed by atoms with Gasteiger partial charge in [0.05, 0.1) is 0 Å². The monoisotopic (exact) mass is 209 g/mol. The molecule has 0 aromatic carbocycles. The first-order valence-corrected chi connectivity index (χ1v) is 5.81. The lowest BCUT2D eigenvalue weighted by Crippen LogP contribution is -2.03. The molecule has 1 aromatic heterocycles. The van der Waals surface area contributed by atoms with Crippen LogP contribution in [0.25, 0.3) is 10.4 Å². The van der Waals surface area contributed by atoms with Crippen molar-refractivity contribution < 1.29 is 0 Å². The van der Waals surface area contributed by atoms with E-state index in [9.17, 15) is 0 Å². The van der Waals surface area contributed by atoms with E-state index in [1.165, 1.54) is 4.88 Å². The van der Waals surface area contributed by atoms with Crippen LogP contribution in [0.3, 0.4) is 0 Å². The number of aryl methyl sites for hydroxylation is 1. The van der Waals surface area contributed by atoms with Gasteiger partial charge in [-0.1, -0.05) is 24.5 Å². The lowest BCUT2D eigenvalue weighted by Gasteiger charge is -2.07. The molecular formula is C10H15N3S. The summed E-state index contributed by atoms with van der Waals surface area (Å²) in [5, 5.41) is 5.88. The molecule has 0 aliphatic rings. The van der Waals surface area contributed by atoms with Crippen molar-refractivity contribution in [2.45, 2.75) is 38.6 Å². The van der Waals surface area contributed by atoms with Gasteiger partial charge in [0.2, 0.25) is 0 Å². The second-order valence-electron chi connectivity index (χ2n) is 3.27. The van der Waals surface area contributed by atoms with Gasteiger partial charge in [-0.15, -0.1) is 11.3 Å². The van der Waals surface area contributed by atoms with Crippen molar-refractivity contribution in [1.29, 1.82) is 0 Å². The first kappa shape index (κ1) is 11.1. The molecule has 14 heavy (non-hydrogen) atoms. The average molecular weight is 209 g/mol. The van der Waals surface area contributed by atoms with Crippen LogP contribution in [0.2, 0.25) is 0 Å². The molecular weight excluding hydrogens is 194 g/mol. The molecule has 0 N–H and O–H groups in total. The van der Waals surface area contributed by atoms with Crippen molar-refractivity contribution in [3.63, 3.8) is 0 Å². The third kappa shape index (κ3) is 3.81. The zero-order valence-electron chi connectivity index (χ0n) is 8.39. The summed E-state index contributed by atoms with van der Waals surface area (Å²) in [6, 6.07) is 4.36. The Morgan fingerprint density at radius 3 is 3.00 bits per heavy atom. The summed E-state index contributed by atoms with van der Waals surface area (Å²) in [7, 11) is 0. The summed E-state index contributed by atoms with van der Waals surface area (Å²) in [6.07, 6.45) is 4.07. The molecule has 0 amide bonds. The van der Waals surface area contributed by atoms with Crippen LogP contribution in [0, 0.1) is 0 Å². The molecule has 4 heteroatoms. The van der Waals surface area contributed by atoms with Crippen LogP contribution in [0.1, 0.15) is 31.1 Å². The molecule has 0 spiro atoms. The standard InChI is InChI=1S/C10H15N3S/c1-2-4-9(12-13-11)6-7-10-5-3-8-14-10/h3,5,8-9H,2,4,6-7H2,1H3. The van der Waals surface area contributed by atoms with Crippen molar-refractivity contribution in [2.75, 3.05) is 0 Å². The highest BCUT2D eigenvalue weighted by Gasteiger charge is 2.05. The van der Waals surface area contributed by atoms with E-state index in [4.69, 9.17) is 5.53 Å². The molecule has 76 valence electrons. The van der Waals surface area contributed by atoms with Gasteiger partial charge in [0, 0.05) is 15.8 Å². The van der Waals surface area contributed by atoms with E-state index in [0.29, 0.717) is 0 Å². The van der Waals surface area contributed by atoms with Crippen LogP contribution in [0.4, 0.5) is 0 Å². The summed E-state index contributed by atoms with van der Waals surface area (Å²) in [4.78, 5) is 4.26. The second-order valence-corrected chi connectivity index (χ2v) is 4.30. The largest absolute Gasteiger partial charge is 0.149 e. The number of azide groups is 1. The van der Waals surface area contributed by atoms with Crippen LogP contribution in [-0.2, 0) is 6.42 Å². The fourth-order valence-corrected chi connectivity index (χ4v) is 2.15. The van der Waals surface area contributed by atoms with Crippen LogP contribution in [-0.4, -0.2) is 6.04 Å². The lowest BCUT2D eigenvalue weighted by molar-refractivity contribution is 0.560. The average Bonchev–Trinajstić information content (AvgIpc) is 2.67. The molecule has 3 nitrogen and oxygen atoms in total. The fourth-order valence-electron chi connectivity index (χ4n) is 1.43. The normalized spacial score (nSPS) is 12.1. The fraction of sp³-hybridized carbons (Fsp3) is 0.600. The number of hydrogen-bond donors (Lipinski definition) is 0. The van der Waals surface area contributed by atoms with E-state index in [0.717, 1.165) is 25.7 Å². The smallest absolute Gasteiger partial charge is 0.0377 e. The van der Waals surface area contributed by atoms with Crippen molar-refractivity contribution in [1.82, 2.24) is 0 Å². The predicted octanol–water partition coefficient (Wildman–Crippen LogP) is 4.16. The summed E-state index contributed by atoms with van der Waals surface area (Å²) in [5.41, 5.74) is 8.38. The number of rotatable bonds is 6. The maximum atomic E-state index is 8.38. The summed E-state index contributed by atoms with van der Waals surface area (Å²) in [6.45, 7) is 2.12. The van der Waals surface area contributed by atoms with Gasteiger partial charge < -0.3 is 0 Å². The summed E-state index contributed by atoms with van der Waals surface area (Å²) >= 11 is 1.77. The minimum absolute atomic E-state index is 0.173. The van der Waals surface area contributed by atoms with Gasteiger partial charge in [-0.2, -0.15) is 0 Å². The number of thiophene rings is 1. The van der Waals surface area contributed by atoms with Crippen LogP contribution in [0.5, 0.6) is 0 Å². The Balaban J connectivity index is 2.36. The Hall–Kier alpha value is -0.990. The van der Waals surface area contributed by atoms with Crippen LogP contribution < -0.4 is 0 Å². The molecule has 0 saturated carbocycles. The molecule has 0 aliphatic heterocycles. The SMILES string of the molecule is CCCC(CCc1cccs1)N=[N+]=[N-]. The molecule has 0 fully saturated rings. The van der Waals surface area contributed by atoms with E-state index >= 15 is 0 Å². The molecule has 1 heterocycles. The first-order chi connectivity index (χ1) is 6.86. The number of hydrogen-bond acceptors (Lipinski definition) is 2. The molecule has 0 radical (unpaired) electrons. The van der Waals surface area contributed by atoms with Gasteiger partial charge in [0.25, 0.3) is 0 Å². The quantitative estimate of drug-likeness (QED) is 0.384. The van der Waals surface area contributed by atoms with Gasteiger partial charge in [-0.05, 0) is 36.2 Å². The molecule has 1 aromatic rings. The maximum absolute atomic E-state index is 8.38. The lowest BCUT2D eigenvalue weighted by atomic mass is 10.1. The topological polar surface area (TPSA) is 48.8 Å². The van der Waals surface area contributed by atoms with Crippen molar-refractivity contribution in [3.8, 4) is 0 Å². The minimum Gasteiger partial charge on any atom is -0.149 e. The Labute approximate surface area is 88.4 Å². The molecule has 1 unspecified atom stereocenters. The maximum Gasteiger partial charge on any atom is 0.0377 e. The summed E-state index contributed by atoms with van der Waals surface area (Å²) in [5.74, 6) is 0. The van der Waals surface area contributed by atoms with E-state index in [2.05, 4.69) is 34.5 Å². The Morgan fingerprint density at radius 1 is 1.57 bits per heavy atom. The van der Waals surface area contributed by atoms with E-state index in [1.54, 1.807) is 11.3 Å². The zero-order valence-corrected chi connectivity index (χ0v) is 9.20. The highest BCUT2D eigenvalue weighted by molar-refractivity contribution is 7.09. The Bertz CT molecular complexity index is 288. The predicted molar refractivity (Wildman–Crippen MR) is 60.5 cm³/mol. The van der Waals surface area contributed by atoms with Gasteiger partial charge in [-0.25, -0.2) is 0 Å². The zero-order chi connectivity index (χ0) is 10.2. The Morgan fingerprint density at radius 2 is 2.43 bits per heavy atom. The van der Waals surface area contributed by atoms with Crippen LogP contribution >= 0.6 is 11.3 Å². The molecule has 1 rings (SSSR count). The van der Waals surface area contributed by atoms with Crippen molar-refractivity contribution in [3.05, 3.63) is 32.8 Å². The minimum atomic E-state index is 0.173. The van der Waals surface area contributed by atoms with Gasteiger partial charge in [0.1, 0.15) is 0 Å². The third-order valence-electron chi connectivity index (χ3n) is 2.14. The number of nitrogens with zero attached hydrogens (tertiary/aromatic N) is 3. The van der Waals surface area contributed by atoms with Crippen molar-refractivity contribution in [2.24, 2.45) is 5.11 Å². The van der Waals surface area contributed by atoms with E-state index < -0.39 is 0 Å². The third-order valence-corrected chi connectivity index (χ3v) is 3.08. The highest BCUT2D eigenvalue weighted by atomic mass is 32.1. The van der Waals surface area contributed by atoms with Crippen molar-refractivity contribution >= 4 is 11.3 Å². The Kier molecular flexibility index (Phi) is 5.12. The highest BCUT2D eigenvalue weighted by Crippen LogP contribution is 2.15. The van der Waals surface area contributed by atoms with Gasteiger partial charge in [-0.3, -0.25) is 0 Å². The molecule has 1 atom stereocenters. The van der Waals surface area contributed by atoms with Crippen LogP contribution in [0.15, 0.2) is 22.6 Å².